The molecule has 1 aliphatic rings. The van der Waals surface area contributed by atoms with Gasteiger partial charge in [-0.3, -0.25) is 14.9 Å². The van der Waals surface area contributed by atoms with Crippen LogP contribution in [0, 0.1) is 27.7 Å². The van der Waals surface area contributed by atoms with Gasteiger partial charge in [0.1, 0.15) is 11.2 Å². The Morgan fingerprint density at radius 2 is 2.25 bits per heavy atom. The molecule has 0 bridgehead atoms. The van der Waals surface area contributed by atoms with E-state index in [2.05, 4.69) is 15.7 Å². The van der Waals surface area contributed by atoms with Crippen LogP contribution in [0.15, 0.2) is 47.0 Å². The summed E-state index contributed by atoms with van der Waals surface area (Å²) in [5, 5.41) is 25.7. The van der Waals surface area contributed by atoms with Gasteiger partial charge in [0.2, 0.25) is 12.1 Å². The van der Waals surface area contributed by atoms with Crippen molar-refractivity contribution in [3.05, 3.63) is 63.3 Å². The summed E-state index contributed by atoms with van der Waals surface area (Å²) in [5.74, 6) is -0.195. The predicted octanol–water partition coefficient (Wildman–Crippen LogP) is 5.02. The molecule has 11 heteroatoms. The van der Waals surface area contributed by atoms with Gasteiger partial charge in [0, 0.05) is 29.8 Å². The van der Waals surface area contributed by atoms with Crippen LogP contribution in [-0.4, -0.2) is 28.6 Å². The third kappa shape index (κ3) is 4.16. The zero-order valence-electron chi connectivity index (χ0n) is 16.9. The highest BCUT2D eigenvalue weighted by Gasteiger charge is 2.34. The van der Waals surface area contributed by atoms with Gasteiger partial charge in [-0.25, -0.2) is 4.98 Å². The summed E-state index contributed by atoms with van der Waals surface area (Å²) < 4.78 is 12.2. The van der Waals surface area contributed by atoms with Crippen molar-refractivity contribution in [1.29, 1.82) is 5.26 Å². The van der Waals surface area contributed by atoms with Gasteiger partial charge in [0.05, 0.1) is 26.3 Å². The number of nitro benzene ring substituents is 1. The highest BCUT2D eigenvalue weighted by molar-refractivity contribution is 8.03. The number of nitro groups is 1. The van der Waals surface area contributed by atoms with E-state index in [1.54, 1.807) is 6.92 Å². The number of Topliss-reactive ketones (excluding diaryl/α,β-unsaturated/α-hetero) is 1. The molecule has 1 unspecified atom stereocenters. The first-order valence-corrected chi connectivity index (χ1v) is 11.1. The number of hydrogen-bond donors (Lipinski definition) is 1. The molecule has 0 radical (unpaired) electrons. The summed E-state index contributed by atoms with van der Waals surface area (Å²) in [7, 11) is 0. The molecule has 162 valence electrons. The van der Waals surface area contributed by atoms with E-state index in [0.717, 1.165) is 32.4 Å². The second-order valence-electron chi connectivity index (χ2n) is 6.71. The monoisotopic (exact) mass is 468 g/mol. The number of nitrogens with one attached hydrogen (secondary N) is 1. The highest BCUT2D eigenvalue weighted by Crippen LogP contribution is 2.35. The maximum absolute atomic E-state index is 13.1. The van der Waals surface area contributed by atoms with Gasteiger partial charge >= 0.3 is 0 Å². The number of thioether (sulfide) groups is 1. The lowest BCUT2D eigenvalue weighted by molar-refractivity contribution is -0.384. The van der Waals surface area contributed by atoms with Gasteiger partial charge in [0.15, 0.2) is 5.13 Å². The number of thiazole rings is 1. The molecule has 3 aromatic rings. The average molecular weight is 469 g/mol. The van der Waals surface area contributed by atoms with E-state index in [4.69, 9.17) is 14.7 Å². The number of aromatic nitrogens is 1. The van der Waals surface area contributed by atoms with Gasteiger partial charge in [-0.2, -0.15) is 5.26 Å². The smallest absolute Gasteiger partial charge is 0.270 e. The number of anilines is 1. The Morgan fingerprint density at radius 1 is 1.44 bits per heavy atom. The van der Waals surface area contributed by atoms with Crippen LogP contribution in [-0.2, 0) is 4.74 Å². The molecule has 9 nitrogen and oxygen atoms in total. The Bertz CT molecular complexity index is 1310. The summed E-state index contributed by atoms with van der Waals surface area (Å²) in [6, 6.07) is 7.68. The predicted molar refractivity (Wildman–Crippen MR) is 121 cm³/mol. The van der Waals surface area contributed by atoms with E-state index in [-0.39, 0.29) is 22.6 Å². The lowest BCUT2D eigenvalue weighted by atomic mass is 9.99. The fourth-order valence-corrected chi connectivity index (χ4v) is 4.61. The second-order valence-corrected chi connectivity index (χ2v) is 8.57. The summed E-state index contributed by atoms with van der Waals surface area (Å²) in [6.45, 7) is 3.99. The van der Waals surface area contributed by atoms with Gasteiger partial charge in [-0.15, -0.1) is 0 Å². The molecule has 0 spiro atoms. The number of thiocyanates is 1. The zero-order valence-corrected chi connectivity index (χ0v) is 18.6. The van der Waals surface area contributed by atoms with Crippen LogP contribution in [0.3, 0.4) is 0 Å². The number of benzene rings is 2. The Hall–Kier alpha value is -3.46. The van der Waals surface area contributed by atoms with Crippen molar-refractivity contribution in [2.75, 3.05) is 11.9 Å². The molecule has 4 rings (SSSR count). The zero-order chi connectivity index (χ0) is 22.8. The van der Waals surface area contributed by atoms with Crippen LogP contribution < -0.4 is 10.1 Å². The number of nitriles is 1. The minimum absolute atomic E-state index is 0.0984. The lowest BCUT2D eigenvalue weighted by Crippen LogP contribution is -2.33. The molecule has 0 amide bonds. The number of non-ortho nitro benzene ring substituents is 1. The SMILES string of the molecule is CCOC1Oc2ccc([N+](=O)[O-])cc2C(=O)C1=CNc1nc2cc(C)c(SC#N)cc2s1. The molecule has 1 aliphatic heterocycles. The number of aryl methyl sites for hydroxylation is 1. The molecule has 2 aromatic carbocycles. The molecule has 0 saturated heterocycles. The van der Waals surface area contributed by atoms with Crippen LogP contribution in [0.4, 0.5) is 10.8 Å². The number of hydrogen-bond acceptors (Lipinski definition) is 10. The Morgan fingerprint density at radius 3 is 2.97 bits per heavy atom. The van der Waals surface area contributed by atoms with E-state index in [1.165, 1.54) is 35.7 Å². The fraction of sp³-hybridized carbons (Fsp3) is 0.190. The largest absolute Gasteiger partial charge is 0.460 e. The van der Waals surface area contributed by atoms with E-state index in [0.29, 0.717) is 11.7 Å². The molecular formula is C21H16N4O5S2. The maximum atomic E-state index is 13.1. The van der Waals surface area contributed by atoms with Crippen molar-refractivity contribution in [2.45, 2.75) is 25.0 Å². The van der Waals surface area contributed by atoms with Gasteiger partial charge < -0.3 is 14.8 Å². The Balaban J connectivity index is 1.67. The minimum atomic E-state index is -0.954. The van der Waals surface area contributed by atoms with Crippen molar-refractivity contribution >= 4 is 49.9 Å². The third-order valence-electron chi connectivity index (χ3n) is 4.68. The third-order valence-corrected chi connectivity index (χ3v) is 6.38. The van der Waals surface area contributed by atoms with Crippen molar-refractivity contribution in [3.8, 4) is 11.2 Å². The van der Waals surface area contributed by atoms with Crippen molar-refractivity contribution in [1.82, 2.24) is 4.98 Å². The summed E-state index contributed by atoms with van der Waals surface area (Å²) in [4.78, 5) is 29.0. The van der Waals surface area contributed by atoms with E-state index < -0.39 is 17.0 Å². The maximum Gasteiger partial charge on any atom is 0.270 e. The number of ether oxygens (including phenoxy) is 2. The lowest BCUT2D eigenvalue weighted by Gasteiger charge is -2.27. The summed E-state index contributed by atoms with van der Waals surface area (Å²) in [5.41, 5.74) is 1.79. The quantitative estimate of drug-likeness (QED) is 0.174. The molecule has 1 aromatic heterocycles. The highest BCUT2D eigenvalue weighted by atomic mass is 32.2. The van der Waals surface area contributed by atoms with Crippen molar-refractivity contribution < 1.29 is 19.2 Å². The number of ketones is 1. The molecule has 0 saturated carbocycles. The van der Waals surface area contributed by atoms with Crippen LogP contribution in [0.5, 0.6) is 5.75 Å². The standard InChI is InChI=1S/C21H16N4O5S2/c1-3-29-20-14(19(26)13-7-12(25(27)28)4-5-16(13)30-20)9-23-21-24-15-6-11(2)17(31-10-22)8-18(15)32-21/h4-9,20H,3H2,1-2H3,(H,23,24). The molecule has 0 fully saturated rings. The topological polar surface area (TPSA) is 127 Å². The molecule has 1 atom stereocenters. The van der Waals surface area contributed by atoms with Crippen LogP contribution in [0.25, 0.3) is 10.2 Å². The number of nitrogens with zero attached hydrogens (tertiary/aromatic N) is 3. The van der Waals surface area contributed by atoms with E-state index >= 15 is 0 Å². The fourth-order valence-electron chi connectivity index (χ4n) is 3.18. The second kappa shape index (κ2) is 8.96. The van der Waals surface area contributed by atoms with Crippen LogP contribution in [0.1, 0.15) is 22.8 Å². The summed E-state index contributed by atoms with van der Waals surface area (Å²) >= 11 is 2.46. The Labute approximate surface area is 190 Å². The molecular weight excluding hydrogens is 452 g/mol. The average Bonchev–Trinajstić information content (AvgIpc) is 3.15. The molecule has 0 aliphatic carbocycles. The van der Waals surface area contributed by atoms with E-state index in [1.807, 2.05) is 19.1 Å². The molecule has 32 heavy (non-hydrogen) atoms. The number of carbonyl (C=O) groups is 1. The van der Waals surface area contributed by atoms with Gasteiger partial charge in [-0.1, -0.05) is 11.3 Å². The van der Waals surface area contributed by atoms with Gasteiger partial charge in [0.25, 0.3) is 5.69 Å². The van der Waals surface area contributed by atoms with Crippen molar-refractivity contribution in [3.63, 3.8) is 0 Å². The first kappa shape index (κ1) is 21.8. The van der Waals surface area contributed by atoms with Crippen molar-refractivity contribution in [2.24, 2.45) is 0 Å². The van der Waals surface area contributed by atoms with Crippen LogP contribution in [0.2, 0.25) is 0 Å². The number of rotatable bonds is 6. The minimum Gasteiger partial charge on any atom is -0.460 e. The molecule has 1 N–H and O–H groups in total. The first-order valence-electron chi connectivity index (χ1n) is 9.46. The normalized spacial score (nSPS) is 16.5. The number of fused-ring (bicyclic) bond motifs is 2. The van der Waals surface area contributed by atoms with Crippen LogP contribution >= 0.6 is 23.1 Å². The number of carbonyl (C=O) groups excluding carboxylic acids is 1. The van der Waals surface area contributed by atoms with E-state index in [9.17, 15) is 14.9 Å². The molecule has 2 heterocycles. The first-order chi connectivity index (χ1) is 15.4. The summed E-state index contributed by atoms with van der Waals surface area (Å²) in [6.07, 6.45) is 0.504. The van der Waals surface area contributed by atoms with Gasteiger partial charge in [-0.05, 0) is 49.4 Å². The Kier molecular flexibility index (Phi) is 6.09.